The molecular weight excluding hydrogens is 781 g/mol. The number of amides is 1. The molecule has 3 atom stereocenters. The number of allylic oxidation sites excluding steroid dienone is 10. The Bertz CT molecular complexity index is 1250. The second kappa shape index (κ2) is 42.9. The molecule has 11 nitrogen and oxygen atoms in total. The zero-order valence-corrected chi connectivity index (χ0v) is 38.4. The number of carboxylic acids is 1. The molecule has 0 rings (SSSR count). The van der Waals surface area contributed by atoms with Crippen molar-refractivity contribution < 1.29 is 47.8 Å². The second-order valence-electron chi connectivity index (χ2n) is 15.6. The maximum absolute atomic E-state index is 12.3. The third-order valence-corrected chi connectivity index (χ3v) is 10.7. The van der Waals surface area contributed by atoms with Crippen LogP contribution in [-0.2, 0) is 32.7 Å². The Morgan fingerprint density at radius 2 is 0.967 bits per heavy atom. The van der Waals surface area contributed by atoms with E-state index in [1.54, 1.807) is 0 Å². The first-order valence-electron chi connectivity index (χ1n) is 23.3. The average molecular weight is 866 g/mol. The molecule has 0 aromatic carbocycles. The van der Waals surface area contributed by atoms with Crippen LogP contribution in [0, 0.1) is 0 Å². The first-order chi connectivity index (χ1) is 29.1. The lowest BCUT2D eigenvalue weighted by molar-refractivity contribution is -0.147. The van der Waals surface area contributed by atoms with Crippen molar-refractivity contribution in [2.75, 3.05) is 19.8 Å². The molecule has 0 aromatic heterocycles. The first kappa shape index (κ1) is 57.2. The van der Waals surface area contributed by atoms with Crippen molar-refractivity contribution in [2.45, 2.75) is 206 Å². The zero-order chi connectivity index (χ0) is 44.2. The van der Waals surface area contributed by atoms with Gasteiger partial charge in [-0.15, -0.1) is 0 Å². The molecule has 0 aliphatic heterocycles. The van der Waals surface area contributed by atoms with Gasteiger partial charge in [-0.2, -0.15) is 0 Å². The van der Waals surface area contributed by atoms with Gasteiger partial charge in [-0.25, -0.2) is 9.36 Å². The average Bonchev–Trinajstić information content (AvgIpc) is 3.22. The third kappa shape index (κ3) is 41.9. The fourth-order valence-electron chi connectivity index (χ4n) is 6.18. The van der Waals surface area contributed by atoms with E-state index in [1.165, 1.54) is 57.8 Å². The largest absolute Gasteiger partial charge is 0.480 e. The van der Waals surface area contributed by atoms with Crippen molar-refractivity contribution in [3.05, 3.63) is 60.8 Å². The zero-order valence-electron chi connectivity index (χ0n) is 37.5. The summed E-state index contributed by atoms with van der Waals surface area (Å²) in [7, 11) is -4.76. The van der Waals surface area contributed by atoms with E-state index in [-0.39, 0.29) is 12.8 Å². The molecule has 0 saturated heterocycles. The van der Waals surface area contributed by atoms with E-state index >= 15 is 0 Å². The Balaban J connectivity index is 3.89. The number of carbonyl (C=O) groups excluding carboxylic acids is 2. The van der Waals surface area contributed by atoms with Gasteiger partial charge >= 0.3 is 19.8 Å². The molecule has 1 amide bonds. The second-order valence-corrected chi connectivity index (χ2v) is 17.0. The van der Waals surface area contributed by atoms with Crippen LogP contribution in [0.5, 0.6) is 0 Å². The molecule has 0 fully saturated rings. The number of rotatable bonds is 43. The van der Waals surface area contributed by atoms with E-state index in [1.807, 2.05) is 0 Å². The molecule has 0 heterocycles. The summed E-state index contributed by atoms with van der Waals surface area (Å²) in [6, 6.07) is -1.55. The maximum atomic E-state index is 12.3. The quantitative estimate of drug-likeness (QED) is 0.0200. The van der Waals surface area contributed by atoms with Crippen LogP contribution in [0.25, 0.3) is 0 Å². The van der Waals surface area contributed by atoms with E-state index in [9.17, 15) is 34.1 Å². The molecule has 4 N–H and O–H groups in total. The number of hydrogen-bond donors (Lipinski definition) is 4. The van der Waals surface area contributed by atoms with Crippen molar-refractivity contribution in [1.82, 2.24) is 5.32 Å². The van der Waals surface area contributed by atoms with E-state index < -0.39 is 57.6 Å². The lowest BCUT2D eigenvalue weighted by atomic mass is 10.1. The van der Waals surface area contributed by atoms with Gasteiger partial charge in [-0.3, -0.25) is 18.6 Å². The normalized spacial score (nSPS) is 14.2. The van der Waals surface area contributed by atoms with Gasteiger partial charge in [-0.1, -0.05) is 164 Å². The smallest absolute Gasteiger partial charge is 0.472 e. The van der Waals surface area contributed by atoms with Crippen LogP contribution in [0.4, 0.5) is 0 Å². The van der Waals surface area contributed by atoms with E-state index in [4.69, 9.17) is 13.8 Å². The number of aliphatic carboxylic acids is 1. The van der Waals surface area contributed by atoms with Crippen LogP contribution < -0.4 is 5.32 Å². The predicted octanol–water partition coefficient (Wildman–Crippen LogP) is 12.3. The van der Waals surface area contributed by atoms with Crippen molar-refractivity contribution in [2.24, 2.45) is 0 Å². The number of ether oxygens (including phenoxy) is 1. The number of phosphoric acid groups is 1. The lowest BCUT2D eigenvalue weighted by Crippen LogP contribution is -2.43. The van der Waals surface area contributed by atoms with Gasteiger partial charge in [0.1, 0.15) is 12.7 Å². The summed E-state index contributed by atoms with van der Waals surface area (Å²) >= 11 is 0. The lowest BCUT2D eigenvalue weighted by Gasteiger charge is -2.18. The molecule has 0 aromatic rings. The van der Waals surface area contributed by atoms with Gasteiger partial charge in [0.2, 0.25) is 5.91 Å². The summed E-state index contributed by atoms with van der Waals surface area (Å²) in [5.74, 6) is -2.39. The van der Waals surface area contributed by atoms with Gasteiger partial charge in [0.15, 0.2) is 6.04 Å². The van der Waals surface area contributed by atoms with Crippen LogP contribution in [0.3, 0.4) is 0 Å². The minimum atomic E-state index is -4.76. The molecule has 346 valence electrons. The molecule has 0 aliphatic rings. The van der Waals surface area contributed by atoms with Gasteiger partial charge in [0.25, 0.3) is 0 Å². The molecule has 3 unspecified atom stereocenters. The van der Waals surface area contributed by atoms with E-state index in [0.717, 1.165) is 96.3 Å². The molecular formula is C48H84NO10P. The maximum Gasteiger partial charge on any atom is 0.472 e. The Morgan fingerprint density at radius 1 is 0.550 bits per heavy atom. The Kier molecular flexibility index (Phi) is 40.8. The fourth-order valence-corrected chi connectivity index (χ4v) is 6.96. The minimum Gasteiger partial charge on any atom is -0.480 e. The third-order valence-electron chi connectivity index (χ3n) is 9.79. The number of aliphatic hydroxyl groups is 1. The monoisotopic (exact) mass is 866 g/mol. The summed E-state index contributed by atoms with van der Waals surface area (Å²) in [6.45, 7) is 2.45. The highest BCUT2D eigenvalue weighted by atomic mass is 31.2. The van der Waals surface area contributed by atoms with Crippen molar-refractivity contribution in [3.63, 3.8) is 0 Å². The van der Waals surface area contributed by atoms with Crippen LogP contribution in [0.15, 0.2) is 60.8 Å². The number of carbonyl (C=O) groups is 3. The summed E-state index contributed by atoms with van der Waals surface area (Å²) in [4.78, 5) is 46.0. The van der Waals surface area contributed by atoms with Gasteiger partial charge in [0.05, 0.1) is 13.2 Å². The van der Waals surface area contributed by atoms with Gasteiger partial charge in [-0.05, 0) is 77.0 Å². The van der Waals surface area contributed by atoms with Gasteiger partial charge in [0, 0.05) is 12.8 Å². The topological polar surface area (TPSA) is 169 Å². The van der Waals surface area contributed by atoms with Crippen molar-refractivity contribution >= 4 is 25.7 Å². The van der Waals surface area contributed by atoms with E-state index in [0.29, 0.717) is 12.8 Å². The number of aliphatic hydroxyl groups excluding tert-OH is 1. The fraction of sp³-hybridized carbons (Fsp3) is 0.729. The number of carboxylic acid groups (broad SMARTS) is 1. The van der Waals surface area contributed by atoms with Crippen molar-refractivity contribution in [1.29, 1.82) is 0 Å². The molecule has 0 saturated carbocycles. The SMILES string of the molecule is CC/C=C\C/C=C\C/C=C\CCCCCCCCCC(=O)NC(COP(=O)(O)OCC(O)COC(=O)CCCCCCCCCCC/C=C\C/C=C\CCCCC)C(=O)O. The summed E-state index contributed by atoms with van der Waals surface area (Å²) in [5.41, 5.74) is 0. The Hall–Kier alpha value is -2.82. The summed E-state index contributed by atoms with van der Waals surface area (Å²) in [6.07, 6.45) is 49.5. The minimum absolute atomic E-state index is 0.132. The highest BCUT2D eigenvalue weighted by molar-refractivity contribution is 7.47. The standard InChI is InChI=1S/C48H84NO10P/c1-3-5-7-9-11-13-15-17-19-21-22-24-26-28-30-32-34-36-38-40-47(52)57-41-44(50)42-58-60(55,56)59-43-45(48(53)54)49-46(51)39-37-35-33-31-29-27-25-23-20-18-16-14-12-10-8-6-4-2/h6,8,11-14,17-20,44-45,50H,3-5,7,9-10,15-16,21-43H2,1-2H3,(H,49,51)(H,53,54)(H,55,56)/b8-6-,13-11-,14-12-,19-17-,20-18-. The number of unbranched alkanes of at least 4 members (excludes halogenated alkanes) is 19. The highest BCUT2D eigenvalue weighted by Gasteiger charge is 2.28. The van der Waals surface area contributed by atoms with Crippen LogP contribution in [0.1, 0.15) is 194 Å². The number of nitrogens with one attached hydrogen (secondary N) is 1. The number of esters is 1. The number of hydrogen-bond acceptors (Lipinski definition) is 8. The highest BCUT2D eigenvalue weighted by Crippen LogP contribution is 2.43. The summed E-state index contributed by atoms with van der Waals surface area (Å²) < 4.78 is 26.9. The molecule has 0 aliphatic carbocycles. The predicted molar refractivity (Wildman–Crippen MR) is 245 cm³/mol. The van der Waals surface area contributed by atoms with Crippen LogP contribution in [0.2, 0.25) is 0 Å². The molecule has 0 spiro atoms. The molecule has 12 heteroatoms. The number of phosphoric ester groups is 1. The molecule has 0 radical (unpaired) electrons. The van der Waals surface area contributed by atoms with Gasteiger partial charge < -0.3 is 25.2 Å². The summed E-state index contributed by atoms with van der Waals surface area (Å²) in [5, 5.41) is 21.9. The molecule has 60 heavy (non-hydrogen) atoms. The van der Waals surface area contributed by atoms with Crippen LogP contribution >= 0.6 is 7.82 Å². The Labute approximate surface area is 364 Å². The first-order valence-corrected chi connectivity index (χ1v) is 24.8. The van der Waals surface area contributed by atoms with E-state index in [2.05, 4.69) is 79.9 Å². The molecule has 0 bridgehead atoms. The van der Waals surface area contributed by atoms with Crippen LogP contribution in [-0.4, -0.2) is 64.9 Å². The van der Waals surface area contributed by atoms with Crippen molar-refractivity contribution in [3.8, 4) is 0 Å². The Morgan fingerprint density at radius 3 is 1.45 bits per heavy atom.